The van der Waals surface area contributed by atoms with Gasteiger partial charge in [0, 0.05) is 16.4 Å². The smallest absolute Gasteiger partial charge is 0.240 e. The molecule has 1 amide bonds. The average Bonchev–Trinajstić information content (AvgIpc) is 2.23. The fourth-order valence-corrected chi connectivity index (χ4v) is 3.37. The first-order chi connectivity index (χ1) is 8.38. The molecule has 0 aromatic heterocycles. The second-order valence-corrected chi connectivity index (χ2v) is 6.97. The Morgan fingerprint density at radius 1 is 1.28 bits per heavy atom. The number of carbonyl (C=O) groups excluding carboxylic acids is 1. The highest BCUT2D eigenvalue weighted by Crippen LogP contribution is 2.28. The van der Waals surface area contributed by atoms with E-state index in [0.29, 0.717) is 12.8 Å². The number of amides is 1. The zero-order chi connectivity index (χ0) is 13.3. The first kappa shape index (κ1) is 13.5. The van der Waals surface area contributed by atoms with Crippen molar-refractivity contribution in [2.24, 2.45) is 11.7 Å². The predicted molar refractivity (Wildman–Crippen MR) is 70.2 cm³/mol. The van der Waals surface area contributed by atoms with E-state index < -0.39 is 10.0 Å². The zero-order valence-electron chi connectivity index (χ0n) is 9.47. The van der Waals surface area contributed by atoms with E-state index in [1.54, 1.807) is 12.1 Å². The van der Waals surface area contributed by atoms with Crippen molar-refractivity contribution in [2.75, 3.05) is 0 Å². The number of nitrogens with two attached hydrogens (primary N) is 1. The predicted octanol–water partition coefficient (Wildman–Crippen LogP) is 0.991. The molecule has 2 rings (SSSR count). The Kier molecular flexibility index (Phi) is 3.74. The second kappa shape index (κ2) is 4.99. The molecule has 0 atom stereocenters. The quantitative estimate of drug-likeness (QED) is 0.861. The first-order valence-electron chi connectivity index (χ1n) is 5.46. The van der Waals surface area contributed by atoms with Crippen LogP contribution in [0, 0.1) is 5.92 Å². The van der Waals surface area contributed by atoms with Crippen molar-refractivity contribution in [2.45, 2.75) is 23.8 Å². The summed E-state index contributed by atoms with van der Waals surface area (Å²) < 4.78 is 27.3. The van der Waals surface area contributed by atoms with Gasteiger partial charge in [-0.1, -0.05) is 15.9 Å². The molecule has 0 radical (unpaired) electrons. The van der Waals surface area contributed by atoms with Crippen molar-refractivity contribution >= 4 is 31.9 Å². The minimum atomic E-state index is -3.51. The molecule has 7 heteroatoms. The molecule has 1 saturated carbocycles. The summed E-state index contributed by atoms with van der Waals surface area (Å²) in [5, 5.41) is 0. The Bertz CT molecular complexity index is 550. The highest BCUT2D eigenvalue weighted by Gasteiger charge is 2.35. The van der Waals surface area contributed by atoms with Gasteiger partial charge in [0.25, 0.3) is 0 Å². The number of sulfonamides is 1. The lowest BCUT2D eigenvalue weighted by Crippen LogP contribution is -2.48. The molecule has 1 aliphatic rings. The number of hydrogen-bond acceptors (Lipinski definition) is 3. The molecule has 1 aromatic rings. The molecular weight excluding hydrogens is 320 g/mol. The second-order valence-electron chi connectivity index (χ2n) is 4.34. The standard InChI is InChI=1S/C11H13BrN2O3S/c12-8-1-3-10(4-2-8)18(16,17)14-9-5-7(6-9)11(13)15/h1-4,7,9,14H,5-6H2,(H2,13,15). The Labute approximate surface area is 114 Å². The first-order valence-corrected chi connectivity index (χ1v) is 7.73. The van der Waals surface area contributed by atoms with E-state index in [0.717, 1.165) is 4.47 Å². The van der Waals surface area contributed by atoms with E-state index in [4.69, 9.17) is 5.73 Å². The van der Waals surface area contributed by atoms with Crippen molar-refractivity contribution < 1.29 is 13.2 Å². The Hall–Kier alpha value is -0.920. The van der Waals surface area contributed by atoms with Gasteiger partial charge in [-0.3, -0.25) is 4.79 Å². The van der Waals surface area contributed by atoms with Crippen LogP contribution in [-0.2, 0) is 14.8 Å². The van der Waals surface area contributed by atoms with Crippen LogP contribution in [0.2, 0.25) is 0 Å². The molecule has 1 fully saturated rings. The maximum atomic E-state index is 12.0. The van der Waals surface area contributed by atoms with E-state index in [9.17, 15) is 13.2 Å². The lowest BCUT2D eigenvalue weighted by Gasteiger charge is -2.33. The third kappa shape index (κ3) is 2.90. The highest BCUT2D eigenvalue weighted by atomic mass is 79.9. The maximum absolute atomic E-state index is 12.0. The van der Waals surface area contributed by atoms with Crippen LogP contribution in [0.5, 0.6) is 0 Å². The van der Waals surface area contributed by atoms with Crippen LogP contribution in [-0.4, -0.2) is 20.4 Å². The summed E-state index contributed by atoms with van der Waals surface area (Å²) in [6, 6.07) is 6.19. The lowest BCUT2D eigenvalue weighted by molar-refractivity contribution is -0.124. The number of halogens is 1. The summed E-state index contributed by atoms with van der Waals surface area (Å²) in [7, 11) is -3.51. The molecule has 0 heterocycles. The number of benzene rings is 1. The molecule has 0 saturated heterocycles. The normalized spacial score (nSPS) is 23.4. The number of primary amides is 1. The highest BCUT2D eigenvalue weighted by molar-refractivity contribution is 9.10. The van der Waals surface area contributed by atoms with Crippen LogP contribution in [0.4, 0.5) is 0 Å². The van der Waals surface area contributed by atoms with Gasteiger partial charge < -0.3 is 5.73 Å². The summed E-state index contributed by atoms with van der Waals surface area (Å²) in [4.78, 5) is 11.1. The van der Waals surface area contributed by atoms with Crippen molar-refractivity contribution in [3.05, 3.63) is 28.7 Å². The zero-order valence-corrected chi connectivity index (χ0v) is 11.9. The van der Waals surface area contributed by atoms with Crippen LogP contribution in [0.3, 0.4) is 0 Å². The van der Waals surface area contributed by atoms with Crippen LogP contribution in [0.15, 0.2) is 33.6 Å². The van der Waals surface area contributed by atoms with E-state index >= 15 is 0 Å². The molecule has 1 aromatic carbocycles. The van der Waals surface area contributed by atoms with Crippen LogP contribution < -0.4 is 10.5 Å². The van der Waals surface area contributed by atoms with Crippen LogP contribution in [0.25, 0.3) is 0 Å². The molecule has 3 N–H and O–H groups in total. The van der Waals surface area contributed by atoms with Gasteiger partial charge in [-0.15, -0.1) is 0 Å². The Balaban J connectivity index is 2.01. The molecule has 18 heavy (non-hydrogen) atoms. The van der Waals surface area contributed by atoms with Gasteiger partial charge in [0.05, 0.1) is 4.90 Å². The van der Waals surface area contributed by atoms with Crippen molar-refractivity contribution in [3.8, 4) is 0 Å². The molecular formula is C11H13BrN2O3S. The fraction of sp³-hybridized carbons (Fsp3) is 0.364. The Morgan fingerprint density at radius 3 is 2.33 bits per heavy atom. The van der Waals surface area contributed by atoms with Crippen molar-refractivity contribution in [1.82, 2.24) is 4.72 Å². The molecule has 0 spiro atoms. The number of carbonyl (C=O) groups is 1. The number of rotatable bonds is 4. The average molecular weight is 333 g/mol. The molecule has 0 bridgehead atoms. The fourth-order valence-electron chi connectivity index (χ4n) is 1.85. The van der Waals surface area contributed by atoms with E-state index in [2.05, 4.69) is 20.7 Å². The molecule has 98 valence electrons. The molecule has 0 unspecified atom stereocenters. The molecule has 5 nitrogen and oxygen atoms in total. The SMILES string of the molecule is NC(=O)C1CC(NS(=O)(=O)c2ccc(Br)cc2)C1. The van der Waals surface area contributed by atoms with Gasteiger partial charge >= 0.3 is 0 Å². The van der Waals surface area contributed by atoms with Gasteiger partial charge in [0.1, 0.15) is 0 Å². The van der Waals surface area contributed by atoms with E-state index in [-0.39, 0.29) is 22.8 Å². The summed E-state index contributed by atoms with van der Waals surface area (Å²) >= 11 is 3.25. The number of nitrogens with one attached hydrogen (secondary N) is 1. The maximum Gasteiger partial charge on any atom is 0.240 e. The minimum Gasteiger partial charge on any atom is -0.369 e. The Morgan fingerprint density at radius 2 is 1.83 bits per heavy atom. The largest absolute Gasteiger partial charge is 0.369 e. The summed E-state index contributed by atoms with van der Waals surface area (Å²) in [5.74, 6) is -0.572. The minimum absolute atomic E-state index is 0.198. The van der Waals surface area contributed by atoms with E-state index in [1.165, 1.54) is 12.1 Å². The summed E-state index contributed by atoms with van der Waals surface area (Å²) in [5.41, 5.74) is 5.13. The third-order valence-electron chi connectivity index (χ3n) is 2.99. The van der Waals surface area contributed by atoms with Crippen LogP contribution >= 0.6 is 15.9 Å². The summed E-state index contributed by atoms with van der Waals surface area (Å²) in [6.07, 6.45) is 0.955. The number of hydrogen-bond donors (Lipinski definition) is 2. The van der Waals surface area contributed by atoms with E-state index in [1.807, 2.05) is 0 Å². The van der Waals surface area contributed by atoms with Gasteiger partial charge in [0.15, 0.2) is 0 Å². The molecule has 1 aliphatic carbocycles. The third-order valence-corrected chi connectivity index (χ3v) is 5.05. The lowest BCUT2D eigenvalue weighted by atomic mass is 9.80. The topological polar surface area (TPSA) is 89.3 Å². The molecule has 0 aliphatic heterocycles. The van der Waals surface area contributed by atoms with Crippen molar-refractivity contribution in [3.63, 3.8) is 0 Å². The van der Waals surface area contributed by atoms with Crippen LogP contribution in [0.1, 0.15) is 12.8 Å². The summed E-state index contributed by atoms with van der Waals surface area (Å²) in [6.45, 7) is 0. The van der Waals surface area contributed by atoms with Crippen molar-refractivity contribution in [1.29, 1.82) is 0 Å². The van der Waals surface area contributed by atoms with Gasteiger partial charge in [-0.2, -0.15) is 0 Å². The van der Waals surface area contributed by atoms with Gasteiger partial charge in [-0.25, -0.2) is 13.1 Å². The monoisotopic (exact) mass is 332 g/mol. The van der Waals surface area contributed by atoms with Gasteiger partial charge in [0.2, 0.25) is 15.9 Å². The van der Waals surface area contributed by atoms with Gasteiger partial charge in [-0.05, 0) is 37.1 Å².